The van der Waals surface area contributed by atoms with Crippen molar-refractivity contribution in [2.45, 2.75) is 51.6 Å². The Labute approximate surface area is 140 Å². The summed E-state index contributed by atoms with van der Waals surface area (Å²) in [4.78, 5) is 14.6. The van der Waals surface area contributed by atoms with Gasteiger partial charge in [-0.25, -0.2) is 0 Å². The second-order valence-corrected chi connectivity index (χ2v) is 7.10. The van der Waals surface area contributed by atoms with E-state index in [-0.39, 0.29) is 18.0 Å². The molecule has 1 aliphatic rings. The van der Waals surface area contributed by atoms with Crippen LogP contribution >= 0.6 is 0 Å². The summed E-state index contributed by atoms with van der Waals surface area (Å²) in [5.41, 5.74) is 7.34. The number of piperidine rings is 1. The summed E-state index contributed by atoms with van der Waals surface area (Å²) in [6, 6.07) is 10.5. The highest BCUT2D eigenvalue weighted by molar-refractivity contribution is 5.81. The number of nitrogens with two attached hydrogens (primary N) is 1. The largest absolute Gasteiger partial charge is 0.352 e. The molecular formula is C19H31N3O. The first-order valence-electron chi connectivity index (χ1n) is 8.87. The SMILES string of the molecule is CC(C)C[C@H](N)C(=O)NC1CCN(CCc2ccccc2)CC1. The average molecular weight is 317 g/mol. The molecule has 0 aromatic heterocycles. The van der Waals surface area contributed by atoms with Gasteiger partial charge < -0.3 is 16.0 Å². The maximum atomic E-state index is 12.1. The summed E-state index contributed by atoms with van der Waals surface area (Å²) in [5, 5.41) is 3.13. The van der Waals surface area contributed by atoms with Gasteiger partial charge in [0.05, 0.1) is 6.04 Å². The number of hydrogen-bond acceptors (Lipinski definition) is 3. The molecule has 2 rings (SSSR count). The number of likely N-dealkylation sites (tertiary alicyclic amines) is 1. The summed E-state index contributed by atoms with van der Waals surface area (Å²) >= 11 is 0. The molecule has 1 aromatic rings. The molecule has 0 spiro atoms. The second-order valence-electron chi connectivity index (χ2n) is 7.10. The van der Waals surface area contributed by atoms with Gasteiger partial charge in [0.1, 0.15) is 0 Å². The number of carbonyl (C=O) groups excluding carboxylic acids is 1. The van der Waals surface area contributed by atoms with Gasteiger partial charge in [-0.15, -0.1) is 0 Å². The van der Waals surface area contributed by atoms with Crippen molar-refractivity contribution in [3.05, 3.63) is 35.9 Å². The van der Waals surface area contributed by atoms with E-state index < -0.39 is 0 Å². The molecule has 1 aliphatic heterocycles. The van der Waals surface area contributed by atoms with Crippen LogP contribution in [-0.2, 0) is 11.2 Å². The molecule has 1 atom stereocenters. The van der Waals surface area contributed by atoms with Crippen molar-refractivity contribution >= 4 is 5.91 Å². The van der Waals surface area contributed by atoms with Crippen molar-refractivity contribution in [1.29, 1.82) is 0 Å². The minimum absolute atomic E-state index is 0.0152. The first-order chi connectivity index (χ1) is 11.0. The van der Waals surface area contributed by atoms with Gasteiger partial charge in [-0.2, -0.15) is 0 Å². The van der Waals surface area contributed by atoms with Gasteiger partial charge in [0, 0.05) is 25.7 Å². The number of benzene rings is 1. The van der Waals surface area contributed by atoms with Gasteiger partial charge >= 0.3 is 0 Å². The van der Waals surface area contributed by atoms with Crippen LogP contribution in [0.15, 0.2) is 30.3 Å². The van der Waals surface area contributed by atoms with Gasteiger partial charge in [-0.1, -0.05) is 44.2 Å². The van der Waals surface area contributed by atoms with Gasteiger partial charge in [0.2, 0.25) is 5.91 Å². The molecule has 0 radical (unpaired) electrons. The highest BCUT2D eigenvalue weighted by Crippen LogP contribution is 2.12. The number of nitrogens with one attached hydrogen (secondary N) is 1. The van der Waals surface area contributed by atoms with Crippen LogP contribution in [0, 0.1) is 5.92 Å². The zero-order valence-corrected chi connectivity index (χ0v) is 14.5. The molecule has 0 saturated carbocycles. The Kier molecular flexibility index (Phi) is 7.06. The van der Waals surface area contributed by atoms with E-state index in [1.807, 2.05) is 0 Å². The van der Waals surface area contributed by atoms with Crippen molar-refractivity contribution in [3.63, 3.8) is 0 Å². The van der Waals surface area contributed by atoms with Crippen molar-refractivity contribution in [2.75, 3.05) is 19.6 Å². The molecule has 0 bridgehead atoms. The number of nitrogens with zero attached hydrogens (tertiary/aromatic N) is 1. The molecule has 4 heteroatoms. The number of rotatable bonds is 7. The van der Waals surface area contributed by atoms with Gasteiger partial charge in [-0.3, -0.25) is 4.79 Å². The second kappa shape index (κ2) is 9.04. The summed E-state index contributed by atoms with van der Waals surface area (Å²) in [6.07, 6.45) is 3.89. The van der Waals surface area contributed by atoms with E-state index in [1.54, 1.807) is 0 Å². The Hall–Kier alpha value is -1.39. The van der Waals surface area contributed by atoms with Crippen LogP contribution in [0.4, 0.5) is 0 Å². The van der Waals surface area contributed by atoms with Crippen LogP contribution in [0.2, 0.25) is 0 Å². The maximum Gasteiger partial charge on any atom is 0.237 e. The van der Waals surface area contributed by atoms with E-state index in [1.165, 1.54) is 5.56 Å². The lowest BCUT2D eigenvalue weighted by Crippen LogP contribution is -2.50. The van der Waals surface area contributed by atoms with Crippen molar-refractivity contribution < 1.29 is 4.79 Å². The molecule has 4 nitrogen and oxygen atoms in total. The molecule has 1 aromatic carbocycles. The first kappa shape index (κ1) is 18.0. The Balaban J connectivity index is 1.66. The molecule has 3 N–H and O–H groups in total. The Morgan fingerprint density at radius 1 is 1.26 bits per heavy atom. The normalized spacial score (nSPS) is 18.1. The summed E-state index contributed by atoms with van der Waals surface area (Å²) < 4.78 is 0. The number of amides is 1. The van der Waals surface area contributed by atoms with Gasteiger partial charge in [0.25, 0.3) is 0 Å². The van der Waals surface area contributed by atoms with Gasteiger partial charge in [0.15, 0.2) is 0 Å². The molecule has 0 aliphatic carbocycles. The lowest BCUT2D eigenvalue weighted by atomic mass is 10.0. The van der Waals surface area contributed by atoms with Crippen LogP contribution in [0.5, 0.6) is 0 Å². The van der Waals surface area contributed by atoms with E-state index in [4.69, 9.17) is 5.73 Å². The Bertz CT molecular complexity index is 467. The minimum atomic E-state index is -0.369. The van der Waals surface area contributed by atoms with Crippen LogP contribution < -0.4 is 11.1 Å². The van der Waals surface area contributed by atoms with E-state index >= 15 is 0 Å². The highest BCUT2D eigenvalue weighted by Gasteiger charge is 2.23. The first-order valence-corrected chi connectivity index (χ1v) is 8.87. The Morgan fingerprint density at radius 3 is 2.52 bits per heavy atom. The summed E-state index contributed by atoms with van der Waals surface area (Å²) in [5.74, 6) is 0.469. The molecule has 23 heavy (non-hydrogen) atoms. The monoisotopic (exact) mass is 317 g/mol. The fourth-order valence-corrected chi connectivity index (χ4v) is 3.16. The molecular weight excluding hydrogens is 286 g/mol. The third kappa shape index (κ3) is 6.32. The van der Waals surface area contributed by atoms with Crippen LogP contribution in [0.1, 0.15) is 38.7 Å². The highest BCUT2D eigenvalue weighted by atomic mass is 16.2. The quantitative estimate of drug-likeness (QED) is 0.810. The van der Waals surface area contributed by atoms with E-state index in [0.717, 1.165) is 45.3 Å². The zero-order valence-electron chi connectivity index (χ0n) is 14.5. The van der Waals surface area contributed by atoms with E-state index in [0.29, 0.717) is 5.92 Å². The standard InChI is InChI=1S/C19H31N3O/c1-15(2)14-18(20)19(23)21-17-9-12-22(13-10-17)11-8-16-6-4-3-5-7-16/h3-7,15,17-18H,8-14,20H2,1-2H3,(H,21,23)/t18-/m0/s1. The summed E-state index contributed by atoms with van der Waals surface area (Å²) in [6.45, 7) is 7.39. The topological polar surface area (TPSA) is 58.4 Å². The van der Waals surface area contributed by atoms with E-state index in [2.05, 4.69) is 54.4 Å². The fraction of sp³-hybridized carbons (Fsp3) is 0.632. The predicted molar refractivity (Wildman–Crippen MR) is 95.2 cm³/mol. The number of hydrogen-bond donors (Lipinski definition) is 2. The lowest BCUT2D eigenvalue weighted by molar-refractivity contribution is -0.123. The maximum absolute atomic E-state index is 12.1. The van der Waals surface area contributed by atoms with Crippen molar-refractivity contribution in [3.8, 4) is 0 Å². The predicted octanol–water partition coefficient (Wildman–Crippen LogP) is 2.18. The van der Waals surface area contributed by atoms with Crippen LogP contribution in [-0.4, -0.2) is 42.5 Å². The molecule has 0 unspecified atom stereocenters. The summed E-state index contributed by atoms with van der Waals surface area (Å²) in [7, 11) is 0. The fourth-order valence-electron chi connectivity index (χ4n) is 3.16. The Morgan fingerprint density at radius 2 is 1.91 bits per heavy atom. The lowest BCUT2D eigenvalue weighted by Gasteiger charge is -2.33. The smallest absolute Gasteiger partial charge is 0.237 e. The van der Waals surface area contributed by atoms with Crippen molar-refractivity contribution in [1.82, 2.24) is 10.2 Å². The van der Waals surface area contributed by atoms with Crippen molar-refractivity contribution in [2.24, 2.45) is 11.7 Å². The molecule has 1 saturated heterocycles. The van der Waals surface area contributed by atoms with Crippen LogP contribution in [0.25, 0.3) is 0 Å². The zero-order chi connectivity index (χ0) is 16.7. The molecule has 128 valence electrons. The third-order valence-electron chi connectivity index (χ3n) is 4.56. The third-order valence-corrected chi connectivity index (χ3v) is 4.56. The minimum Gasteiger partial charge on any atom is -0.352 e. The number of carbonyl (C=O) groups is 1. The van der Waals surface area contributed by atoms with Gasteiger partial charge in [-0.05, 0) is 37.2 Å². The molecule has 1 amide bonds. The van der Waals surface area contributed by atoms with Crippen LogP contribution in [0.3, 0.4) is 0 Å². The molecule has 1 fully saturated rings. The van der Waals surface area contributed by atoms with E-state index in [9.17, 15) is 4.79 Å². The average Bonchev–Trinajstić information content (AvgIpc) is 2.54. The molecule has 1 heterocycles.